The predicted molar refractivity (Wildman–Crippen MR) is 62.3 cm³/mol. The molecular weight excluding hydrogens is 242 g/mol. The topological polar surface area (TPSA) is 74.1 Å². The Labute approximate surface area is 98.9 Å². The Morgan fingerprint density at radius 1 is 1.24 bits per heavy atom. The van der Waals surface area contributed by atoms with Crippen LogP contribution in [0.15, 0.2) is 30.5 Å². The highest BCUT2D eigenvalue weighted by Gasteiger charge is 2.10. The van der Waals surface area contributed by atoms with E-state index in [1.54, 1.807) is 31.4 Å². The Balaban J connectivity index is 2.37. The standard InChI is InChI=1S/C10H11N3O3S/c1-16-9-5-3-8(4-6-9)10-7-13(12-11-10)17(2,14)15/h3-7H,1-2H3. The maximum atomic E-state index is 11.2. The second-order valence-electron chi connectivity index (χ2n) is 3.47. The van der Waals surface area contributed by atoms with Crippen molar-refractivity contribution in [1.29, 1.82) is 0 Å². The molecule has 0 amide bonds. The van der Waals surface area contributed by atoms with Crippen molar-refractivity contribution in [1.82, 2.24) is 14.4 Å². The minimum absolute atomic E-state index is 0.498. The summed E-state index contributed by atoms with van der Waals surface area (Å²) in [6.45, 7) is 0. The fraction of sp³-hybridized carbons (Fsp3) is 0.200. The molecule has 0 spiro atoms. The molecule has 0 aliphatic heterocycles. The Morgan fingerprint density at radius 3 is 2.35 bits per heavy atom. The minimum Gasteiger partial charge on any atom is -0.497 e. The van der Waals surface area contributed by atoms with Gasteiger partial charge in [-0.25, -0.2) is 8.42 Å². The number of methoxy groups -OCH3 is 1. The minimum atomic E-state index is -3.38. The SMILES string of the molecule is COc1ccc(-c2cn(S(C)(=O)=O)nn2)cc1. The predicted octanol–water partition coefficient (Wildman–Crippen LogP) is 0.761. The second-order valence-corrected chi connectivity index (χ2v) is 5.31. The third-order valence-electron chi connectivity index (χ3n) is 2.20. The number of rotatable bonds is 3. The van der Waals surface area contributed by atoms with Gasteiger partial charge >= 0.3 is 0 Å². The molecule has 7 heteroatoms. The molecule has 0 saturated carbocycles. The average Bonchev–Trinajstić information content (AvgIpc) is 2.78. The van der Waals surface area contributed by atoms with Gasteiger partial charge in [0.2, 0.25) is 0 Å². The first-order valence-electron chi connectivity index (χ1n) is 4.78. The molecule has 90 valence electrons. The molecule has 2 rings (SSSR count). The fourth-order valence-corrected chi connectivity index (χ4v) is 1.77. The molecule has 0 atom stereocenters. The van der Waals surface area contributed by atoms with Crippen LogP contribution in [-0.2, 0) is 10.0 Å². The lowest BCUT2D eigenvalue weighted by molar-refractivity contribution is 0.415. The van der Waals surface area contributed by atoms with Crippen molar-refractivity contribution in [2.24, 2.45) is 0 Å². The highest BCUT2D eigenvalue weighted by Crippen LogP contribution is 2.20. The van der Waals surface area contributed by atoms with E-state index in [4.69, 9.17) is 4.74 Å². The molecule has 1 heterocycles. The first-order chi connectivity index (χ1) is 8.00. The Morgan fingerprint density at radius 2 is 1.88 bits per heavy atom. The number of nitrogens with zero attached hydrogens (tertiary/aromatic N) is 3. The van der Waals surface area contributed by atoms with Gasteiger partial charge in [-0.15, -0.1) is 9.19 Å². The molecule has 0 fully saturated rings. The van der Waals surface area contributed by atoms with Crippen LogP contribution in [0.3, 0.4) is 0 Å². The van der Waals surface area contributed by atoms with E-state index in [0.717, 1.165) is 21.7 Å². The summed E-state index contributed by atoms with van der Waals surface area (Å²) in [6.07, 6.45) is 2.44. The highest BCUT2D eigenvalue weighted by molar-refractivity contribution is 7.89. The number of aromatic nitrogens is 3. The first-order valence-corrected chi connectivity index (χ1v) is 6.63. The van der Waals surface area contributed by atoms with Gasteiger partial charge in [-0.1, -0.05) is 5.21 Å². The summed E-state index contributed by atoms with van der Waals surface area (Å²) in [6, 6.07) is 7.12. The molecule has 0 saturated heterocycles. The molecule has 1 aromatic carbocycles. The number of hydrogen-bond acceptors (Lipinski definition) is 5. The molecular formula is C10H11N3O3S. The van der Waals surface area contributed by atoms with E-state index in [0.29, 0.717) is 5.69 Å². The third kappa shape index (κ3) is 2.44. The van der Waals surface area contributed by atoms with E-state index in [9.17, 15) is 8.42 Å². The van der Waals surface area contributed by atoms with Gasteiger partial charge in [0.15, 0.2) is 0 Å². The summed E-state index contributed by atoms with van der Waals surface area (Å²) in [5, 5.41) is 7.36. The van der Waals surface area contributed by atoms with Crippen molar-refractivity contribution in [3.05, 3.63) is 30.5 Å². The second kappa shape index (κ2) is 4.17. The normalized spacial score (nSPS) is 11.4. The third-order valence-corrected chi connectivity index (χ3v) is 3.06. The Hall–Kier alpha value is -1.89. The number of ether oxygens (including phenoxy) is 1. The van der Waals surface area contributed by atoms with Crippen LogP contribution in [0, 0.1) is 0 Å². The summed E-state index contributed by atoms with van der Waals surface area (Å²) in [4.78, 5) is 0. The van der Waals surface area contributed by atoms with Crippen LogP contribution >= 0.6 is 0 Å². The molecule has 0 radical (unpaired) electrons. The molecule has 0 aliphatic rings. The number of hydrogen-bond donors (Lipinski definition) is 0. The zero-order valence-electron chi connectivity index (χ0n) is 9.36. The Bertz CT molecular complexity index is 617. The van der Waals surface area contributed by atoms with Gasteiger partial charge in [0, 0.05) is 5.56 Å². The van der Waals surface area contributed by atoms with Gasteiger partial charge in [0.05, 0.1) is 19.6 Å². The van der Waals surface area contributed by atoms with Crippen LogP contribution < -0.4 is 4.74 Å². The van der Waals surface area contributed by atoms with Crippen LogP contribution in [0.1, 0.15) is 0 Å². The lowest BCUT2D eigenvalue weighted by Gasteiger charge is -1.99. The van der Waals surface area contributed by atoms with E-state index >= 15 is 0 Å². The van der Waals surface area contributed by atoms with Crippen molar-refractivity contribution in [3.63, 3.8) is 0 Å². The van der Waals surface area contributed by atoms with E-state index in [1.807, 2.05) is 0 Å². The fourth-order valence-electron chi connectivity index (χ4n) is 1.30. The lowest BCUT2D eigenvalue weighted by Crippen LogP contribution is -2.10. The molecule has 0 N–H and O–H groups in total. The van der Waals surface area contributed by atoms with Crippen LogP contribution in [0.5, 0.6) is 5.75 Å². The van der Waals surface area contributed by atoms with E-state index in [2.05, 4.69) is 10.3 Å². The van der Waals surface area contributed by atoms with Crippen molar-refractivity contribution in [2.45, 2.75) is 0 Å². The van der Waals surface area contributed by atoms with Gasteiger partial charge in [0.1, 0.15) is 11.4 Å². The first kappa shape index (κ1) is 11.6. The maximum absolute atomic E-state index is 11.2. The van der Waals surface area contributed by atoms with Gasteiger partial charge in [-0.3, -0.25) is 0 Å². The van der Waals surface area contributed by atoms with Gasteiger partial charge in [-0.2, -0.15) is 0 Å². The number of benzene rings is 1. The molecule has 6 nitrogen and oxygen atoms in total. The van der Waals surface area contributed by atoms with Crippen LogP contribution in [-0.4, -0.2) is 36.2 Å². The molecule has 0 bridgehead atoms. The lowest BCUT2D eigenvalue weighted by atomic mass is 10.2. The molecule has 1 aromatic heterocycles. The highest BCUT2D eigenvalue weighted by atomic mass is 32.2. The van der Waals surface area contributed by atoms with E-state index in [1.165, 1.54) is 6.20 Å². The van der Waals surface area contributed by atoms with E-state index in [-0.39, 0.29) is 0 Å². The zero-order chi connectivity index (χ0) is 12.5. The summed E-state index contributed by atoms with van der Waals surface area (Å²) in [7, 11) is -1.81. The molecule has 17 heavy (non-hydrogen) atoms. The largest absolute Gasteiger partial charge is 0.497 e. The quantitative estimate of drug-likeness (QED) is 0.807. The summed E-state index contributed by atoms with van der Waals surface area (Å²) < 4.78 is 28.3. The smallest absolute Gasteiger partial charge is 0.252 e. The monoisotopic (exact) mass is 253 g/mol. The molecule has 0 aliphatic carbocycles. The van der Waals surface area contributed by atoms with Crippen molar-refractivity contribution in [2.75, 3.05) is 13.4 Å². The van der Waals surface area contributed by atoms with Crippen molar-refractivity contribution in [3.8, 4) is 17.0 Å². The van der Waals surface area contributed by atoms with Crippen LogP contribution in [0.2, 0.25) is 0 Å². The summed E-state index contributed by atoms with van der Waals surface area (Å²) in [5.74, 6) is 0.726. The Kier molecular flexibility index (Phi) is 2.84. The van der Waals surface area contributed by atoms with E-state index < -0.39 is 10.0 Å². The molecule has 0 unspecified atom stereocenters. The average molecular weight is 253 g/mol. The summed E-state index contributed by atoms with van der Waals surface area (Å²) in [5.41, 5.74) is 1.28. The summed E-state index contributed by atoms with van der Waals surface area (Å²) >= 11 is 0. The van der Waals surface area contributed by atoms with Crippen molar-refractivity contribution >= 4 is 10.0 Å². The molecule has 2 aromatic rings. The zero-order valence-corrected chi connectivity index (χ0v) is 10.2. The van der Waals surface area contributed by atoms with Crippen LogP contribution in [0.25, 0.3) is 11.3 Å². The van der Waals surface area contributed by atoms with Crippen LogP contribution in [0.4, 0.5) is 0 Å². The van der Waals surface area contributed by atoms with Gasteiger partial charge in [0.25, 0.3) is 10.0 Å². The van der Waals surface area contributed by atoms with Gasteiger partial charge in [-0.05, 0) is 24.3 Å². The maximum Gasteiger partial charge on any atom is 0.252 e. The van der Waals surface area contributed by atoms with Crippen molar-refractivity contribution < 1.29 is 13.2 Å². The van der Waals surface area contributed by atoms with Gasteiger partial charge < -0.3 is 4.74 Å².